The molecule has 0 amide bonds. The summed E-state index contributed by atoms with van der Waals surface area (Å²) in [6.07, 6.45) is 5.13. The van der Waals surface area contributed by atoms with Crippen LogP contribution in [0.2, 0.25) is 0 Å². The molecule has 20 heavy (non-hydrogen) atoms. The number of aromatic nitrogens is 1. The van der Waals surface area contributed by atoms with Crippen molar-refractivity contribution in [3.05, 3.63) is 28.5 Å². The van der Waals surface area contributed by atoms with Gasteiger partial charge in [-0.2, -0.15) is 0 Å². The first-order valence-corrected chi connectivity index (χ1v) is 7.87. The quantitative estimate of drug-likeness (QED) is 0.889. The molecular weight excluding hydrogens is 340 g/mol. The maximum atomic E-state index is 4.24. The van der Waals surface area contributed by atoms with Gasteiger partial charge in [-0.25, -0.2) is 0 Å². The van der Waals surface area contributed by atoms with Crippen LogP contribution in [0.3, 0.4) is 0 Å². The van der Waals surface area contributed by atoms with Crippen molar-refractivity contribution in [1.82, 2.24) is 20.1 Å². The minimum absolute atomic E-state index is 0. The standard InChI is InChI=1S/C14H21BrN4.ClH/c15-13-7-12(8-17-9-13)11-18-3-5-19(6-4-18)14-1-2-16-10-14;/h7-9,14,16H,1-6,10-11H2;1H. The molecule has 1 N–H and O–H groups in total. The normalized spacial score (nSPS) is 24.6. The summed E-state index contributed by atoms with van der Waals surface area (Å²) in [7, 11) is 0. The highest BCUT2D eigenvalue weighted by molar-refractivity contribution is 9.10. The van der Waals surface area contributed by atoms with Crippen LogP contribution in [-0.2, 0) is 6.54 Å². The third-order valence-corrected chi connectivity index (χ3v) is 4.56. The molecule has 2 saturated heterocycles. The predicted molar refractivity (Wildman–Crippen MR) is 87.3 cm³/mol. The molecule has 0 spiro atoms. The van der Waals surface area contributed by atoms with E-state index in [0.717, 1.165) is 17.1 Å². The van der Waals surface area contributed by atoms with E-state index in [4.69, 9.17) is 0 Å². The van der Waals surface area contributed by atoms with Crippen LogP contribution in [0.15, 0.2) is 22.9 Å². The molecule has 4 nitrogen and oxygen atoms in total. The summed E-state index contributed by atoms with van der Waals surface area (Å²) in [6, 6.07) is 2.94. The number of pyridine rings is 1. The molecule has 3 rings (SSSR count). The van der Waals surface area contributed by atoms with Gasteiger partial charge in [-0.05, 0) is 40.5 Å². The highest BCUT2D eigenvalue weighted by Gasteiger charge is 2.25. The van der Waals surface area contributed by atoms with Gasteiger partial charge in [-0.1, -0.05) is 0 Å². The molecule has 1 aromatic heterocycles. The molecule has 0 radical (unpaired) electrons. The molecule has 0 aliphatic carbocycles. The third kappa shape index (κ3) is 4.15. The van der Waals surface area contributed by atoms with Crippen molar-refractivity contribution in [2.75, 3.05) is 39.3 Å². The Bertz CT molecular complexity index is 417. The zero-order valence-electron chi connectivity index (χ0n) is 11.6. The number of piperazine rings is 1. The zero-order chi connectivity index (χ0) is 13.1. The van der Waals surface area contributed by atoms with Crippen molar-refractivity contribution in [1.29, 1.82) is 0 Å². The van der Waals surface area contributed by atoms with E-state index in [1.165, 1.54) is 51.3 Å². The first-order valence-electron chi connectivity index (χ1n) is 7.08. The maximum absolute atomic E-state index is 4.24. The highest BCUT2D eigenvalue weighted by atomic mass is 79.9. The monoisotopic (exact) mass is 360 g/mol. The predicted octanol–water partition coefficient (Wildman–Crippen LogP) is 1.75. The summed E-state index contributed by atoms with van der Waals surface area (Å²) in [5, 5.41) is 3.46. The molecule has 1 unspecified atom stereocenters. The molecule has 1 aromatic rings. The Hall–Kier alpha value is -0.200. The summed E-state index contributed by atoms with van der Waals surface area (Å²) in [5.74, 6) is 0. The largest absolute Gasteiger partial charge is 0.315 e. The summed E-state index contributed by atoms with van der Waals surface area (Å²) >= 11 is 3.49. The minimum atomic E-state index is 0. The van der Waals surface area contributed by atoms with Crippen LogP contribution < -0.4 is 5.32 Å². The fourth-order valence-corrected chi connectivity index (χ4v) is 3.45. The van der Waals surface area contributed by atoms with Gasteiger partial charge in [0.1, 0.15) is 0 Å². The van der Waals surface area contributed by atoms with E-state index < -0.39 is 0 Å². The van der Waals surface area contributed by atoms with Gasteiger partial charge >= 0.3 is 0 Å². The van der Waals surface area contributed by atoms with Crippen LogP contribution in [0.5, 0.6) is 0 Å². The van der Waals surface area contributed by atoms with Crippen molar-refractivity contribution >= 4 is 28.3 Å². The van der Waals surface area contributed by atoms with Gasteiger partial charge in [0.2, 0.25) is 0 Å². The Balaban J connectivity index is 0.00000147. The van der Waals surface area contributed by atoms with Crippen molar-refractivity contribution in [3.63, 3.8) is 0 Å². The van der Waals surface area contributed by atoms with E-state index in [9.17, 15) is 0 Å². The first-order chi connectivity index (χ1) is 9.31. The maximum Gasteiger partial charge on any atom is 0.0410 e. The van der Waals surface area contributed by atoms with Gasteiger partial charge in [0, 0.05) is 62.2 Å². The summed E-state index contributed by atoms with van der Waals surface area (Å²) in [5.41, 5.74) is 1.30. The van der Waals surface area contributed by atoms with Crippen molar-refractivity contribution in [2.45, 2.75) is 19.0 Å². The summed E-state index contributed by atoms with van der Waals surface area (Å²) in [6.45, 7) is 8.13. The summed E-state index contributed by atoms with van der Waals surface area (Å²) in [4.78, 5) is 9.41. The van der Waals surface area contributed by atoms with Crippen molar-refractivity contribution in [3.8, 4) is 0 Å². The van der Waals surface area contributed by atoms with Gasteiger partial charge in [-0.3, -0.25) is 14.8 Å². The number of hydrogen-bond acceptors (Lipinski definition) is 4. The van der Waals surface area contributed by atoms with Gasteiger partial charge in [-0.15, -0.1) is 12.4 Å². The van der Waals surface area contributed by atoms with E-state index in [-0.39, 0.29) is 12.4 Å². The van der Waals surface area contributed by atoms with Gasteiger partial charge in [0.25, 0.3) is 0 Å². The summed E-state index contributed by atoms with van der Waals surface area (Å²) < 4.78 is 1.07. The molecule has 2 fully saturated rings. The average molecular weight is 362 g/mol. The SMILES string of the molecule is Brc1cncc(CN2CCN(C3CCNC3)CC2)c1.Cl. The van der Waals surface area contributed by atoms with Crippen LogP contribution in [0.1, 0.15) is 12.0 Å². The molecule has 1 atom stereocenters. The molecule has 3 heterocycles. The molecule has 0 aromatic carbocycles. The Morgan fingerprint density at radius 1 is 1.25 bits per heavy atom. The van der Waals surface area contributed by atoms with Gasteiger partial charge in [0.15, 0.2) is 0 Å². The van der Waals surface area contributed by atoms with Gasteiger partial charge in [0.05, 0.1) is 0 Å². The Kier molecular flexibility index (Phi) is 6.23. The molecule has 2 aliphatic rings. The molecule has 0 saturated carbocycles. The Labute approximate surface area is 135 Å². The van der Waals surface area contributed by atoms with Crippen LogP contribution in [0.25, 0.3) is 0 Å². The van der Waals surface area contributed by atoms with E-state index in [1.807, 2.05) is 12.4 Å². The smallest absolute Gasteiger partial charge is 0.0410 e. The van der Waals surface area contributed by atoms with Crippen LogP contribution in [0, 0.1) is 0 Å². The van der Waals surface area contributed by atoms with Crippen molar-refractivity contribution in [2.24, 2.45) is 0 Å². The van der Waals surface area contributed by atoms with Gasteiger partial charge < -0.3 is 5.32 Å². The van der Waals surface area contributed by atoms with Crippen LogP contribution in [-0.4, -0.2) is 60.1 Å². The minimum Gasteiger partial charge on any atom is -0.315 e. The average Bonchev–Trinajstić information content (AvgIpc) is 2.94. The Morgan fingerprint density at radius 2 is 2.05 bits per heavy atom. The number of nitrogens with zero attached hydrogens (tertiary/aromatic N) is 3. The van der Waals surface area contributed by atoms with E-state index >= 15 is 0 Å². The molecule has 2 aliphatic heterocycles. The van der Waals surface area contributed by atoms with E-state index in [0.29, 0.717) is 0 Å². The molecule has 6 heteroatoms. The highest BCUT2D eigenvalue weighted by Crippen LogP contribution is 2.15. The lowest BCUT2D eigenvalue weighted by Gasteiger charge is -2.37. The topological polar surface area (TPSA) is 31.4 Å². The van der Waals surface area contributed by atoms with Crippen LogP contribution in [0.4, 0.5) is 0 Å². The third-order valence-electron chi connectivity index (χ3n) is 4.13. The lowest BCUT2D eigenvalue weighted by molar-refractivity contribution is 0.0980. The van der Waals surface area contributed by atoms with Crippen molar-refractivity contribution < 1.29 is 0 Å². The molecule has 112 valence electrons. The second-order valence-corrected chi connectivity index (χ2v) is 6.39. The number of rotatable bonds is 3. The number of nitrogens with one attached hydrogen (secondary N) is 1. The van der Waals surface area contributed by atoms with Crippen LogP contribution >= 0.6 is 28.3 Å². The number of halogens is 2. The van der Waals surface area contributed by atoms with E-state index in [1.54, 1.807) is 0 Å². The lowest BCUT2D eigenvalue weighted by Crippen LogP contribution is -2.50. The fourth-order valence-electron chi connectivity index (χ4n) is 3.04. The molecular formula is C14H22BrClN4. The fraction of sp³-hybridized carbons (Fsp3) is 0.643. The second-order valence-electron chi connectivity index (χ2n) is 5.47. The molecule has 0 bridgehead atoms. The lowest BCUT2D eigenvalue weighted by atomic mass is 10.1. The zero-order valence-corrected chi connectivity index (χ0v) is 14.0. The number of hydrogen-bond donors (Lipinski definition) is 1. The Morgan fingerprint density at radius 3 is 2.70 bits per heavy atom. The second kappa shape index (κ2) is 7.71. The first kappa shape index (κ1) is 16.2. The van der Waals surface area contributed by atoms with E-state index in [2.05, 4.69) is 42.1 Å².